The smallest absolute Gasteiger partial charge is 0.178 e. The highest BCUT2D eigenvalue weighted by molar-refractivity contribution is 6.40. The van der Waals surface area contributed by atoms with Crippen LogP contribution in [0.1, 0.15) is 5.56 Å². The van der Waals surface area contributed by atoms with Gasteiger partial charge in [-0.2, -0.15) is 0 Å². The number of hydrogen-bond donors (Lipinski definition) is 1. The van der Waals surface area contributed by atoms with Gasteiger partial charge in [-0.05, 0) is 24.3 Å². The molecule has 0 unspecified atom stereocenters. The van der Waals surface area contributed by atoms with Crippen LogP contribution in [0.4, 0.5) is 5.69 Å². The van der Waals surface area contributed by atoms with Gasteiger partial charge in [0.2, 0.25) is 0 Å². The molecule has 0 saturated carbocycles. The van der Waals surface area contributed by atoms with E-state index >= 15 is 0 Å². The summed E-state index contributed by atoms with van der Waals surface area (Å²) >= 11 is 18.7. The fourth-order valence-electron chi connectivity index (χ4n) is 2.85. The van der Waals surface area contributed by atoms with Crippen molar-refractivity contribution in [3.63, 3.8) is 0 Å². The summed E-state index contributed by atoms with van der Waals surface area (Å²) in [7, 11) is 0. The number of benzene rings is 2. The van der Waals surface area contributed by atoms with Gasteiger partial charge in [-0.3, -0.25) is 0 Å². The van der Waals surface area contributed by atoms with E-state index in [0.29, 0.717) is 34.5 Å². The van der Waals surface area contributed by atoms with E-state index in [0.717, 1.165) is 23.8 Å². The second-order valence-corrected chi connectivity index (χ2v) is 6.67. The van der Waals surface area contributed by atoms with Crippen LogP contribution in [-0.4, -0.2) is 42.1 Å². The third-order valence-corrected chi connectivity index (χ3v) is 5.00. The summed E-state index contributed by atoms with van der Waals surface area (Å²) in [6.45, 7) is 2.86. The first-order chi connectivity index (χ1) is 11.6. The van der Waals surface area contributed by atoms with E-state index in [4.69, 9.17) is 34.8 Å². The number of para-hydroxylation sites is 1. The minimum absolute atomic E-state index is 0.393. The van der Waals surface area contributed by atoms with Crippen LogP contribution < -0.4 is 4.90 Å². The third kappa shape index (κ3) is 3.41. The number of nitrogens with zero attached hydrogens (tertiary/aromatic N) is 3. The predicted molar refractivity (Wildman–Crippen MR) is 100 cm³/mol. The largest absolute Gasteiger partial charge is 0.409 e. The average molecular weight is 385 g/mol. The van der Waals surface area contributed by atoms with Crippen LogP contribution in [0.2, 0.25) is 15.1 Å². The fourth-order valence-corrected chi connectivity index (χ4v) is 3.67. The summed E-state index contributed by atoms with van der Waals surface area (Å²) in [5.74, 6) is 0.393. The molecule has 0 aliphatic carbocycles. The normalized spacial score (nSPS) is 15.7. The number of piperazine rings is 1. The molecule has 1 aliphatic heterocycles. The number of halogens is 3. The first-order valence-electron chi connectivity index (χ1n) is 7.52. The summed E-state index contributed by atoms with van der Waals surface area (Å²) in [4.78, 5) is 4.18. The van der Waals surface area contributed by atoms with Crippen LogP contribution in [0.15, 0.2) is 47.6 Å². The molecule has 0 aromatic heterocycles. The fraction of sp³-hybridized carbons (Fsp3) is 0.235. The van der Waals surface area contributed by atoms with Crippen molar-refractivity contribution in [2.75, 3.05) is 31.1 Å². The van der Waals surface area contributed by atoms with Gasteiger partial charge in [-0.1, -0.05) is 58.2 Å². The number of anilines is 1. The van der Waals surface area contributed by atoms with E-state index < -0.39 is 0 Å². The molecule has 2 aromatic carbocycles. The molecule has 1 saturated heterocycles. The molecule has 24 heavy (non-hydrogen) atoms. The highest BCUT2D eigenvalue weighted by Gasteiger charge is 2.25. The Bertz CT molecular complexity index is 738. The second-order valence-electron chi connectivity index (χ2n) is 5.45. The van der Waals surface area contributed by atoms with Crippen LogP contribution in [0, 0.1) is 0 Å². The molecule has 1 N–H and O–H groups in total. The standard InChI is InChI=1S/C17H16Cl3N3O/c18-12-4-1-2-7-15(12)22-8-10-23(11-9-22)17(21-24)16-13(19)5-3-6-14(16)20/h1-7,24H,8-11H2/b21-17-. The van der Waals surface area contributed by atoms with Crippen molar-refractivity contribution in [1.82, 2.24) is 4.90 Å². The Hall–Kier alpha value is -1.62. The van der Waals surface area contributed by atoms with E-state index in [1.54, 1.807) is 18.2 Å². The monoisotopic (exact) mass is 383 g/mol. The molecular weight excluding hydrogens is 369 g/mol. The van der Waals surface area contributed by atoms with Gasteiger partial charge in [0.05, 0.1) is 26.3 Å². The first-order valence-corrected chi connectivity index (χ1v) is 8.66. The summed E-state index contributed by atoms with van der Waals surface area (Å²) < 4.78 is 0. The van der Waals surface area contributed by atoms with Gasteiger partial charge in [0, 0.05) is 26.2 Å². The van der Waals surface area contributed by atoms with Gasteiger partial charge in [0.15, 0.2) is 5.84 Å². The zero-order valence-electron chi connectivity index (χ0n) is 12.8. The Morgan fingerprint density at radius 1 is 0.833 bits per heavy atom. The quantitative estimate of drug-likeness (QED) is 0.356. The minimum atomic E-state index is 0.393. The molecule has 1 fully saturated rings. The molecule has 0 atom stereocenters. The van der Waals surface area contributed by atoms with Crippen molar-refractivity contribution in [3.05, 3.63) is 63.1 Å². The number of hydrogen-bond acceptors (Lipinski definition) is 3. The maximum Gasteiger partial charge on any atom is 0.178 e. The van der Waals surface area contributed by atoms with Crippen molar-refractivity contribution in [2.45, 2.75) is 0 Å². The molecular formula is C17H16Cl3N3O. The Balaban J connectivity index is 1.77. The van der Waals surface area contributed by atoms with Gasteiger partial charge < -0.3 is 15.0 Å². The first kappa shape index (κ1) is 17.2. The third-order valence-electron chi connectivity index (χ3n) is 4.05. The van der Waals surface area contributed by atoms with E-state index in [9.17, 15) is 5.21 Å². The lowest BCUT2D eigenvalue weighted by atomic mass is 10.1. The highest BCUT2D eigenvalue weighted by atomic mass is 35.5. The van der Waals surface area contributed by atoms with Crippen molar-refractivity contribution in [3.8, 4) is 0 Å². The van der Waals surface area contributed by atoms with Gasteiger partial charge in [-0.25, -0.2) is 0 Å². The van der Waals surface area contributed by atoms with Gasteiger partial charge in [-0.15, -0.1) is 0 Å². The second kappa shape index (κ2) is 7.51. The lowest BCUT2D eigenvalue weighted by molar-refractivity contribution is 0.296. The van der Waals surface area contributed by atoms with Gasteiger partial charge >= 0.3 is 0 Å². The Morgan fingerprint density at radius 3 is 2.00 bits per heavy atom. The predicted octanol–water partition coefficient (Wildman–Crippen LogP) is 4.60. The highest BCUT2D eigenvalue weighted by Crippen LogP contribution is 2.29. The molecule has 0 amide bonds. The Morgan fingerprint density at radius 2 is 1.42 bits per heavy atom. The molecule has 7 heteroatoms. The summed E-state index contributed by atoms with van der Waals surface area (Å²) in [5, 5.41) is 14.6. The SMILES string of the molecule is O/N=C(/c1c(Cl)cccc1Cl)N1CCN(c2ccccc2Cl)CC1. The van der Waals surface area contributed by atoms with Crippen LogP contribution in [-0.2, 0) is 0 Å². The molecule has 0 bridgehead atoms. The van der Waals surface area contributed by atoms with Crippen molar-refractivity contribution < 1.29 is 5.21 Å². The number of rotatable bonds is 2. The zero-order chi connectivity index (χ0) is 17.1. The summed E-state index contributed by atoms with van der Waals surface area (Å²) in [6.07, 6.45) is 0. The van der Waals surface area contributed by atoms with E-state index in [1.807, 2.05) is 29.2 Å². The lowest BCUT2D eigenvalue weighted by Crippen LogP contribution is -2.49. The maximum absolute atomic E-state index is 9.50. The summed E-state index contributed by atoms with van der Waals surface area (Å²) in [6, 6.07) is 13.0. The lowest BCUT2D eigenvalue weighted by Gasteiger charge is -2.37. The van der Waals surface area contributed by atoms with Crippen LogP contribution >= 0.6 is 34.8 Å². The number of amidine groups is 1. The molecule has 1 heterocycles. The molecule has 126 valence electrons. The van der Waals surface area contributed by atoms with Crippen molar-refractivity contribution in [2.24, 2.45) is 5.16 Å². The molecule has 0 spiro atoms. The molecule has 4 nitrogen and oxygen atoms in total. The van der Waals surface area contributed by atoms with E-state index in [-0.39, 0.29) is 0 Å². The van der Waals surface area contributed by atoms with Crippen LogP contribution in [0.25, 0.3) is 0 Å². The van der Waals surface area contributed by atoms with Gasteiger partial charge in [0.25, 0.3) is 0 Å². The van der Waals surface area contributed by atoms with Crippen molar-refractivity contribution in [1.29, 1.82) is 0 Å². The van der Waals surface area contributed by atoms with Crippen LogP contribution in [0.5, 0.6) is 0 Å². The Labute approximate surface area is 155 Å². The van der Waals surface area contributed by atoms with E-state index in [2.05, 4.69) is 10.1 Å². The molecule has 0 radical (unpaired) electrons. The topological polar surface area (TPSA) is 39.1 Å². The van der Waals surface area contributed by atoms with Gasteiger partial charge in [0.1, 0.15) is 0 Å². The minimum Gasteiger partial charge on any atom is -0.409 e. The van der Waals surface area contributed by atoms with Crippen LogP contribution in [0.3, 0.4) is 0 Å². The van der Waals surface area contributed by atoms with E-state index in [1.165, 1.54) is 0 Å². The molecule has 2 aromatic rings. The zero-order valence-corrected chi connectivity index (χ0v) is 15.1. The molecule has 3 rings (SSSR count). The number of oxime groups is 1. The molecule has 1 aliphatic rings. The maximum atomic E-state index is 9.50. The summed E-state index contributed by atoms with van der Waals surface area (Å²) in [5.41, 5.74) is 1.56. The Kier molecular flexibility index (Phi) is 5.39. The average Bonchev–Trinajstić information content (AvgIpc) is 2.59. The van der Waals surface area contributed by atoms with Crippen molar-refractivity contribution >= 4 is 46.3 Å².